The quantitative estimate of drug-likeness (QED) is 0.730. The molecule has 0 aliphatic carbocycles. The average Bonchev–Trinajstić information content (AvgIpc) is 2.95. The van der Waals surface area contributed by atoms with E-state index in [1.54, 1.807) is 6.20 Å². The Morgan fingerprint density at radius 2 is 2.24 bits per heavy atom. The summed E-state index contributed by atoms with van der Waals surface area (Å²) in [7, 11) is 0. The third kappa shape index (κ3) is 1.33. The summed E-state index contributed by atoms with van der Waals surface area (Å²) >= 11 is 0. The van der Waals surface area contributed by atoms with E-state index in [2.05, 4.69) is 30.4 Å². The van der Waals surface area contributed by atoms with Gasteiger partial charge < -0.3 is 10.2 Å². The molecule has 1 spiro atoms. The van der Waals surface area contributed by atoms with Gasteiger partial charge in [-0.3, -0.25) is 5.10 Å². The summed E-state index contributed by atoms with van der Waals surface area (Å²) in [6.07, 6.45) is 4.85. The number of nitrogens with zero attached hydrogens (tertiary/aromatic N) is 4. The minimum Gasteiger partial charge on any atom is -0.339 e. The van der Waals surface area contributed by atoms with Crippen molar-refractivity contribution in [3.05, 3.63) is 12.4 Å². The third-order valence-corrected chi connectivity index (χ3v) is 3.85. The standard InChI is InChI=1S/C11H14N6/c1-2-12-5-11(1)6-17(7-11)10-13-3-8-4-14-16-9(8)15-10/h3-4,12H,1-2,5-7H2,(H,13,14,15,16). The number of fused-ring (bicyclic) bond motifs is 1. The van der Waals surface area contributed by atoms with E-state index in [4.69, 9.17) is 0 Å². The highest BCUT2D eigenvalue weighted by atomic mass is 15.3. The van der Waals surface area contributed by atoms with E-state index in [1.807, 2.05) is 6.20 Å². The number of aromatic amines is 1. The Balaban J connectivity index is 1.59. The third-order valence-electron chi connectivity index (χ3n) is 3.85. The number of rotatable bonds is 1. The molecule has 0 amide bonds. The maximum Gasteiger partial charge on any atom is 0.227 e. The van der Waals surface area contributed by atoms with Gasteiger partial charge in [-0.2, -0.15) is 10.1 Å². The van der Waals surface area contributed by atoms with Gasteiger partial charge >= 0.3 is 0 Å². The molecule has 2 saturated heterocycles. The van der Waals surface area contributed by atoms with Crippen molar-refractivity contribution in [3.63, 3.8) is 0 Å². The van der Waals surface area contributed by atoms with Gasteiger partial charge in [0.15, 0.2) is 5.65 Å². The van der Waals surface area contributed by atoms with Crippen molar-refractivity contribution < 1.29 is 0 Å². The fourth-order valence-electron chi connectivity index (χ4n) is 2.85. The van der Waals surface area contributed by atoms with Gasteiger partial charge in [-0.15, -0.1) is 0 Å². The first-order valence-electron chi connectivity index (χ1n) is 5.97. The molecule has 0 saturated carbocycles. The summed E-state index contributed by atoms with van der Waals surface area (Å²) < 4.78 is 0. The zero-order valence-electron chi connectivity index (χ0n) is 9.48. The number of hydrogen-bond acceptors (Lipinski definition) is 5. The summed E-state index contributed by atoms with van der Waals surface area (Å²) in [4.78, 5) is 11.1. The normalized spacial score (nSPS) is 22.2. The summed E-state index contributed by atoms with van der Waals surface area (Å²) in [6, 6.07) is 0. The van der Waals surface area contributed by atoms with Gasteiger partial charge in [-0.05, 0) is 13.0 Å². The van der Waals surface area contributed by atoms with Gasteiger partial charge in [0.1, 0.15) is 0 Å². The molecule has 6 heteroatoms. The molecule has 4 heterocycles. The first-order valence-corrected chi connectivity index (χ1v) is 5.97. The van der Waals surface area contributed by atoms with Crippen molar-refractivity contribution in [2.24, 2.45) is 5.41 Å². The Morgan fingerprint density at radius 1 is 1.29 bits per heavy atom. The van der Waals surface area contributed by atoms with Gasteiger partial charge in [0.25, 0.3) is 0 Å². The minimum atomic E-state index is 0.478. The predicted octanol–water partition coefficient (Wildman–Crippen LogP) is 0.153. The van der Waals surface area contributed by atoms with E-state index < -0.39 is 0 Å². The van der Waals surface area contributed by atoms with E-state index in [1.165, 1.54) is 6.42 Å². The predicted molar refractivity (Wildman–Crippen MR) is 63.8 cm³/mol. The van der Waals surface area contributed by atoms with Crippen molar-refractivity contribution in [1.82, 2.24) is 25.5 Å². The molecule has 2 fully saturated rings. The smallest absolute Gasteiger partial charge is 0.227 e. The van der Waals surface area contributed by atoms with Crippen LogP contribution < -0.4 is 10.2 Å². The molecule has 4 rings (SSSR count). The van der Waals surface area contributed by atoms with Crippen LogP contribution in [0.2, 0.25) is 0 Å². The van der Waals surface area contributed by atoms with E-state index >= 15 is 0 Å². The van der Waals surface area contributed by atoms with Gasteiger partial charge in [0.2, 0.25) is 5.95 Å². The van der Waals surface area contributed by atoms with Crippen LogP contribution in [0.1, 0.15) is 6.42 Å². The summed E-state index contributed by atoms with van der Waals surface area (Å²) in [5, 5.41) is 11.2. The van der Waals surface area contributed by atoms with Crippen molar-refractivity contribution in [2.45, 2.75) is 6.42 Å². The number of H-pyrrole nitrogens is 1. The Hall–Kier alpha value is -1.69. The summed E-state index contributed by atoms with van der Waals surface area (Å²) in [5.41, 5.74) is 1.30. The SMILES string of the molecule is c1n[nH]c2nc(N3CC4(CCNC4)C3)ncc12. The van der Waals surface area contributed by atoms with Crippen LogP contribution in [0, 0.1) is 5.41 Å². The van der Waals surface area contributed by atoms with E-state index in [0.29, 0.717) is 5.41 Å². The first-order chi connectivity index (χ1) is 8.35. The summed E-state index contributed by atoms with van der Waals surface area (Å²) in [6.45, 7) is 4.42. The molecule has 17 heavy (non-hydrogen) atoms. The highest BCUT2D eigenvalue weighted by Gasteiger charge is 2.45. The Bertz CT molecular complexity index is 548. The fourth-order valence-corrected chi connectivity index (χ4v) is 2.85. The molecule has 0 atom stereocenters. The largest absolute Gasteiger partial charge is 0.339 e. The van der Waals surface area contributed by atoms with E-state index in [-0.39, 0.29) is 0 Å². The van der Waals surface area contributed by atoms with Gasteiger partial charge in [0.05, 0.1) is 11.6 Å². The van der Waals surface area contributed by atoms with E-state index in [9.17, 15) is 0 Å². The highest BCUT2D eigenvalue weighted by molar-refractivity contribution is 5.73. The van der Waals surface area contributed by atoms with Crippen LogP contribution in [-0.2, 0) is 0 Å². The Labute approximate surface area is 98.4 Å². The minimum absolute atomic E-state index is 0.478. The lowest BCUT2D eigenvalue weighted by atomic mass is 9.79. The molecular weight excluding hydrogens is 216 g/mol. The molecule has 88 valence electrons. The fraction of sp³-hybridized carbons (Fsp3) is 0.545. The van der Waals surface area contributed by atoms with Gasteiger partial charge in [-0.25, -0.2) is 4.98 Å². The van der Waals surface area contributed by atoms with Gasteiger partial charge in [-0.1, -0.05) is 0 Å². The number of aromatic nitrogens is 4. The second-order valence-electron chi connectivity index (χ2n) is 5.13. The maximum atomic E-state index is 4.49. The topological polar surface area (TPSA) is 69.7 Å². The number of hydrogen-bond donors (Lipinski definition) is 2. The molecule has 2 aromatic rings. The second-order valence-corrected chi connectivity index (χ2v) is 5.13. The van der Waals surface area contributed by atoms with E-state index in [0.717, 1.165) is 43.2 Å². The van der Waals surface area contributed by atoms with Crippen LogP contribution >= 0.6 is 0 Å². The van der Waals surface area contributed by atoms with Crippen LogP contribution in [0.4, 0.5) is 5.95 Å². The van der Waals surface area contributed by atoms with Crippen molar-refractivity contribution in [1.29, 1.82) is 0 Å². The maximum absolute atomic E-state index is 4.49. The summed E-state index contributed by atoms with van der Waals surface area (Å²) in [5.74, 6) is 0.819. The van der Waals surface area contributed by atoms with Crippen LogP contribution in [0.15, 0.2) is 12.4 Å². The number of nitrogens with one attached hydrogen (secondary N) is 2. The van der Waals surface area contributed by atoms with Crippen LogP contribution in [0.5, 0.6) is 0 Å². The molecule has 2 N–H and O–H groups in total. The molecule has 2 aliphatic heterocycles. The molecular formula is C11H14N6. The zero-order valence-corrected chi connectivity index (χ0v) is 9.48. The molecule has 6 nitrogen and oxygen atoms in total. The molecule has 0 radical (unpaired) electrons. The molecule has 0 bridgehead atoms. The second kappa shape index (κ2) is 3.16. The van der Waals surface area contributed by atoms with Crippen LogP contribution in [0.3, 0.4) is 0 Å². The van der Waals surface area contributed by atoms with Gasteiger partial charge in [0, 0.05) is 31.2 Å². The lowest BCUT2D eigenvalue weighted by Crippen LogP contribution is -2.58. The van der Waals surface area contributed by atoms with Crippen molar-refractivity contribution in [3.8, 4) is 0 Å². The lowest BCUT2D eigenvalue weighted by Gasteiger charge is -2.47. The number of anilines is 1. The van der Waals surface area contributed by atoms with Crippen molar-refractivity contribution in [2.75, 3.05) is 31.1 Å². The molecule has 2 aliphatic rings. The lowest BCUT2D eigenvalue weighted by molar-refractivity contribution is 0.240. The van der Waals surface area contributed by atoms with Crippen LogP contribution in [0.25, 0.3) is 11.0 Å². The first kappa shape index (κ1) is 9.35. The van der Waals surface area contributed by atoms with Crippen molar-refractivity contribution >= 4 is 17.0 Å². The van der Waals surface area contributed by atoms with Crippen LogP contribution in [-0.4, -0.2) is 46.3 Å². The zero-order chi connectivity index (χ0) is 11.3. The molecule has 2 aromatic heterocycles. The Morgan fingerprint density at radius 3 is 3.06 bits per heavy atom. The molecule has 0 unspecified atom stereocenters. The Kier molecular flexibility index (Phi) is 1.74. The highest BCUT2D eigenvalue weighted by Crippen LogP contribution is 2.37. The average molecular weight is 230 g/mol. The molecule has 0 aromatic carbocycles. The monoisotopic (exact) mass is 230 g/mol.